The molecule has 4 N–H and O–H groups in total. The van der Waals surface area contributed by atoms with Crippen molar-refractivity contribution in [3.8, 4) is 11.5 Å². The molecule has 1 aromatic heterocycles. The maximum atomic E-state index is 6.04. The Labute approximate surface area is 176 Å². The summed E-state index contributed by atoms with van der Waals surface area (Å²) in [5, 5.41) is 4.35. The average Bonchev–Trinajstić information content (AvgIpc) is 3.06. The van der Waals surface area contributed by atoms with Crippen molar-refractivity contribution in [3.05, 3.63) is 53.7 Å². The Morgan fingerprint density at radius 1 is 1.19 bits per heavy atom. The van der Waals surface area contributed by atoms with E-state index in [0.29, 0.717) is 18.3 Å². The van der Waals surface area contributed by atoms with Gasteiger partial charge in [0.15, 0.2) is 5.96 Å². The molecule has 0 saturated heterocycles. The molecule has 2 aromatic carbocycles. The smallest absolute Gasteiger partial charge is 0.193 e. The van der Waals surface area contributed by atoms with Gasteiger partial charge >= 0.3 is 0 Å². The monoisotopic (exact) mass is 480 g/mol. The van der Waals surface area contributed by atoms with Gasteiger partial charge in [-0.1, -0.05) is 12.1 Å². The zero-order chi connectivity index (χ0) is 18.5. The number of H-pyrrole nitrogens is 1. The Hall–Kier alpha value is -2.42. The number of hydrogen-bond acceptors (Lipinski definition) is 3. The lowest BCUT2D eigenvalue weighted by Gasteiger charge is -2.12. The number of benzene rings is 2. The first-order chi connectivity index (χ1) is 12.6. The number of nitrogens with zero attached hydrogens (tertiary/aromatic N) is 1. The van der Waals surface area contributed by atoms with Crippen molar-refractivity contribution in [2.75, 3.05) is 26.1 Å². The van der Waals surface area contributed by atoms with Crippen LogP contribution in [0.3, 0.4) is 0 Å². The summed E-state index contributed by atoms with van der Waals surface area (Å²) in [4.78, 5) is 7.74. The van der Waals surface area contributed by atoms with Crippen LogP contribution < -0.4 is 20.5 Å². The van der Waals surface area contributed by atoms with Crippen LogP contribution in [0.5, 0.6) is 11.5 Å². The van der Waals surface area contributed by atoms with Crippen molar-refractivity contribution in [3.63, 3.8) is 0 Å². The highest BCUT2D eigenvalue weighted by atomic mass is 127. The zero-order valence-corrected chi connectivity index (χ0v) is 18.0. The molecule has 0 spiro atoms. The summed E-state index contributed by atoms with van der Waals surface area (Å²) in [6.45, 7) is 2.71. The van der Waals surface area contributed by atoms with Gasteiger partial charge in [0, 0.05) is 29.7 Å². The van der Waals surface area contributed by atoms with Gasteiger partial charge in [0.25, 0.3) is 0 Å². The van der Waals surface area contributed by atoms with E-state index in [1.165, 1.54) is 16.5 Å². The summed E-state index contributed by atoms with van der Waals surface area (Å²) in [7, 11) is 3.23. The van der Waals surface area contributed by atoms with Gasteiger partial charge in [-0.3, -0.25) is 4.99 Å². The molecule has 27 heavy (non-hydrogen) atoms. The lowest BCUT2D eigenvalue weighted by Crippen LogP contribution is -2.23. The van der Waals surface area contributed by atoms with Crippen LogP contribution in [-0.4, -0.2) is 31.7 Å². The molecular formula is C20H25IN4O2. The third-order valence-corrected chi connectivity index (χ3v) is 4.33. The fourth-order valence-corrected chi connectivity index (χ4v) is 3.03. The van der Waals surface area contributed by atoms with E-state index in [2.05, 4.69) is 40.4 Å². The first kappa shape index (κ1) is 20.9. The van der Waals surface area contributed by atoms with Gasteiger partial charge in [0.1, 0.15) is 11.5 Å². The first-order valence-corrected chi connectivity index (χ1v) is 8.47. The van der Waals surface area contributed by atoms with Crippen LogP contribution in [0.1, 0.15) is 11.1 Å². The average molecular weight is 480 g/mol. The van der Waals surface area contributed by atoms with Crippen LogP contribution in [0, 0.1) is 6.92 Å². The van der Waals surface area contributed by atoms with E-state index in [1.807, 2.05) is 24.4 Å². The predicted molar refractivity (Wildman–Crippen MR) is 122 cm³/mol. The lowest BCUT2D eigenvalue weighted by molar-refractivity contribution is 0.405. The fourth-order valence-electron chi connectivity index (χ4n) is 3.03. The van der Waals surface area contributed by atoms with Crippen molar-refractivity contribution in [1.82, 2.24) is 4.98 Å². The van der Waals surface area contributed by atoms with Crippen LogP contribution >= 0.6 is 24.0 Å². The van der Waals surface area contributed by atoms with Crippen molar-refractivity contribution in [1.29, 1.82) is 0 Å². The molecule has 7 heteroatoms. The molecule has 0 amide bonds. The Kier molecular flexibility index (Phi) is 7.35. The second kappa shape index (κ2) is 9.50. The molecule has 1 heterocycles. The van der Waals surface area contributed by atoms with Gasteiger partial charge in [-0.25, -0.2) is 0 Å². The Bertz CT molecular complexity index is 937. The van der Waals surface area contributed by atoms with Gasteiger partial charge in [-0.2, -0.15) is 0 Å². The van der Waals surface area contributed by atoms with E-state index >= 15 is 0 Å². The van der Waals surface area contributed by atoms with E-state index in [0.717, 1.165) is 23.4 Å². The number of rotatable bonds is 6. The maximum Gasteiger partial charge on any atom is 0.193 e. The van der Waals surface area contributed by atoms with E-state index in [1.54, 1.807) is 14.2 Å². The van der Waals surface area contributed by atoms with Crippen molar-refractivity contribution in [2.24, 2.45) is 10.7 Å². The van der Waals surface area contributed by atoms with Gasteiger partial charge in [-0.15, -0.1) is 24.0 Å². The molecule has 0 fully saturated rings. The molecule has 0 atom stereocenters. The number of aromatic amines is 1. The molecule has 6 nitrogen and oxygen atoms in total. The van der Waals surface area contributed by atoms with Gasteiger partial charge in [0.2, 0.25) is 0 Å². The minimum absolute atomic E-state index is 0. The zero-order valence-electron chi connectivity index (χ0n) is 15.7. The van der Waals surface area contributed by atoms with E-state index in [9.17, 15) is 0 Å². The molecule has 0 aliphatic rings. The van der Waals surface area contributed by atoms with Crippen molar-refractivity contribution in [2.45, 2.75) is 13.3 Å². The first-order valence-electron chi connectivity index (χ1n) is 8.47. The van der Waals surface area contributed by atoms with Crippen LogP contribution in [0.2, 0.25) is 0 Å². The minimum atomic E-state index is 0. The summed E-state index contributed by atoms with van der Waals surface area (Å²) in [6.07, 6.45) is 2.85. The highest BCUT2D eigenvalue weighted by Gasteiger charge is 2.07. The highest BCUT2D eigenvalue weighted by Crippen LogP contribution is 2.28. The number of aromatic nitrogens is 1. The standard InChI is InChI=1S/C20H24N4O2.HI/c1-13-5-4-6-16-19(13)14(12-23-16)9-10-22-20(21)24-17-11-15(25-2)7-8-18(17)26-3;/h4-8,11-12,23H,9-10H2,1-3H3,(H3,21,22,24);1H. The van der Waals surface area contributed by atoms with Crippen molar-refractivity contribution < 1.29 is 9.47 Å². The Morgan fingerprint density at radius 3 is 2.74 bits per heavy atom. The third-order valence-electron chi connectivity index (χ3n) is 4.33. The number of nitrogens with two attached hydrogens (primary N) is 1. The molecule has 144 valence electrons. The number of anilines is 1. The number of methoxy groups -OCH3 is 2. The Morgan fingerprint density at radius 2 is 2.00 bits per heavy atom. The number of fused-ring (bicyclic) bond motifs is 1. The van der Waals surface area contributed by atoms with Gasteiger partial charge in [-0.05, 0) is 42.7 Å². The number of guanidine groups is 1. The fraction of sp³-hybridized carbons (Fsp3) is 0.250. The summed E-state index contributed by atoms with van der Waals surface area (Å²) < 4.78 is 10.6. The number of hydrogen-bond donors (Lipinski definition) is 3. The maximum absolute atomic E-state index is 6.04. The van der Waals surface area contributed by atoms with Crippen LogP contribution in [-0.2, 0) is 6.42 Å². The number of aryl methyl sites for hydroxylation is 1. The molecule has 0 unspecified atom stereocenters. The molecule has 3 aromatic rings. The molecule has 0 aliphatic heterocycles. The van der Waals surface area contributed by atoms with Crippen LogP contribution in [0.15, 0.2) is 47.6 Å². The molecule has 0 radical (unpaired) electrons. The van der Waals surface area contributed by atoms with Gasteiger partial charge < -0.3 is 25.5 Å². The van der Waals surface area contributed by atoms with Crippen LogP contribution in [0.25, 0.3) is 10.9 Å². The largest absolute Gasteiger partial charge is 0.497 e. The molecule has 0 saturated carbocycles. The highest BCUT2D eigenvalue weighted by molar-refractivity contribution is 14.0. The second-order valence-corrected chi connectivity index (χ2v) is 6.02. The predicted octanol–water partition coefficient (Wildman–Crippen LogP) is 4.08. The van der Waals surface area contributed by atoms with Gasteiger partial charge in [0.05, 0.1) is 19.9 Å². The summed E-state index contributed by atoms with van der Waals surface area (Å²) in [5.41, 5.74) is 10.4. The molecule has 0 aliphatic carbocycles. The van der Waals surface area contributed by atoms with Crippen molar-refractivity contribution >= 4 is 46.5 Å². The number of ether oxygens (including phenoxy) is 2. The number of nitrogens with one attached hydrogen (secondary N) is 2. The van der Waals surface area contributed by atoms with E-state index < -0.39 is 0 Å². The van der Waals surface area contributed by atoms with Crippen LogP contribution in [0.4, 0.5) is 5.69 Å². The molecular weight excluding hydrogens is 455 g/mol. The lowest BCUT2D eigenvalue weighted by atomic mass is 10.1. The summed E-state index contributed by atoms with van der Waals surface area (Å²) in [5.74, 6) is 1.74. The summed E-state index contributed by atoms with van der Waals surface area (Å²) in [6, 6.07) is 11.7. The topological polar surface area (TPSA) is 84.7 Å². The minimum Gasteiger partial charge on any atom is -0.497 e. The quantitative estimate of drug-likeness (QED) is 0.282. The number of halogens is 1. The molecule has 0 bridgehead atoms. The SMILES string of the molecule is COc1ccc(OC)c(NC(N)=NCCc2c[nH]c3cccc(C)c23)c1.I. The Balaban J connectivity index is 0.00000261. The van der Waals surface area contributed by atoms with E-state index in [4.69, 9.17) is 15.2 Å². The second-order valence-electron chi connectivity index (χ2n) is 6.02. The normalized spacial score (nSPS) is 11.1. The number of aliphatic imine (C=N–C) groups is 1. The van der Waals surface area contributed by atoms with E-state index in [-0.39, 0.29) is 24.0 Å². The third kappa shape index (κ3) is 4.85. The summed E-state index contributed by atoms with van der Waals surface area (Å²) >= 11 is 0. The molecule has 3 rings (SSSR count).